The molecule has 2 aromatic heterocycles. The highest BCUT2D eigenvalue weighted by Gasteiger charge is 2.18. The third kappa shape index (κ3) is 3.94. The van der Waals surface area contributed by atoms with Crippen LogP contribution in [0.25, 0.3) is 6.20 Å². The molecular weight excluding hydrogens is 380 g/mol. The van der Waals surface area contributed by atoms with Crippen LogP contribution in [0.5, 0.6) is 0 Å². The Hall–Kier alpha value is -3.17. The largest absolute Gasteiger partial charge is 0.379 e. The monoisotopic (exact) mass is 406 g/mol. The van der Waals surface area contributed by atoms with Crippen LogP contribution in [0.15, 0.2) is 36.8 Å². The second kappa shape index (κ2) is 7.92. The number of ether oxygens (including phenoxy) is 1. The van der Waals surface area contributed by atoms with Crippen molar-refractivity contribution < 1.29 is 4.74 Å². The van der Waals surface area contributed by atoms with Crippen LogP contribution in [0.1, 0.15) is 17.0 Å². The van der Waals surface area contributed by atoms with Crippen molar-refractivity contribution in [2.24, 2.45) is 7.05 Å². The fourth-order valence-electron chi connectivity index (χ4n) is 3.80. The Labute approximate surface area is 175 Å². The number of nitrogens with one attached hydrogen (secondary N) is 1. The zero-order valence-corrected chi connectivity index (χ0v) is 17.3. The minimum atomic E-state index is 0.600. The van der Waals surface area contributed by atoms with E-state index in [9.17, 15) is 0 Å². The van der Waals surface area contributed by atoms with Crippen LogP contribution in [-0.4, -0.2) is 55.7 Å². The van der Waals surface area contributed by atoms with E-state index in [0.717, 1.165) is 50.0 Å². The number of morpholine rings is 1. The van der Waals surface area contributed by atoms with Gasteiger partial charge in [-0.15, -0.1) is 5.10 Å². The molecule has 4 heterocycles. The molecule has 2 aliphatic rings. The first-order chi connectivity index (χ1) is 14.6. The van der Waals surface area contributed by atoms with Crippen molar-refractivity contribution in [2.45, 2.75) is 20.0 Å². The molecule has 1 fully saturated rings. The number of rotatable bonds is 5. The number of anilines is 3. The van der Waals surface area contributed by atoms with Gasteiger partial charge in [-0.1, -0.05) is 6.07 Å². The van der Waals surface area contributed by atoms with Crippen molar-refractivity contribution in [3.63, 3.8) is 0 Å². The molecule has 0 amide bonds. The van der Waals surface area contributed by atoms with Gasteiger partial charge in [0.1, 0.15) is 0 Å². The van der Waals surface area contributed by atoms with Gasteiger partial charge >= 0.3 is 0 Å². The molecule has 1 aromatic carbocycles. The molecule has 9 nitrogen and oxygen atoms in total. The lowest BCUT2D eigenvalue weighted by atomic mass is 10.1. The highest BCUT2D eigenvalue weighted by molar-refractivity contribution is 5.57. The van der Waals surface area contributed by atoms with E-state index in [2.05, 4.69) is 55.4 Å². The van der Waals surface area contributed by atoms with E-state index in [4.69, 9.17) is 4.74 Å². The van der Waals surface area contributed by atoms with Crippen LogP contribution in [-0.2, 0) is 24.9 Å². The van der Waals surface area contributed by atoms with Crippen LogP contribution in [0.2, 0.25) is 0 Å². The smallest absolute Gasteiger partial charge is 0.247 e. The van der Waals surface area contributed by atoms with Gasteiger partial charge in [-0.05, 0) is 30.2 Å². The summed E-state index contributed by atoms with van der Waals surface area (Å²) in [5.41, 5.74) is 4.63. The van der Waals surface area contributed by atoms with Crippen molar-refractivity contribution in [2.75, 3.05) is 36.5 Å². The first-order valence-corrected chi connectivity index (χ1v) is 10.2. The summed E-state index contributed by atoms with van der Waals surface area (Å²) in [6.07, 6.45) is 7.74. The standard InChI is InChI=1S/C21H26N8O/c1-16-11-18(4-3-17(16)13-27-7-9-30-10-8-27)23-21-24-20-15-28(5-6-29(20)25-21)19-12-22-26(2)14-19/h3-6,11-12,14H,7-10,13,15H2,1-2H3,(H,23,25). The van der Waals surface area contributed by atoms with E-state index in [0.29, 0.717) is 12.5 Å². The minimum Gasteiger partial charge on any atom is -0.379 e. The van der Waals surface area contributed by atoms with Crippen molar-refractivity contribution in [1.82, 2.24) is 29.4 Å². The van der Waals surface area contributed by atoms with Crippen LogP contribution in [0.4, 0.5) is 17.3 Å². The summed E-state index contributed by atoms with van der Waals surface area (Å²) in [4.78, 5) is 9.21. The maximum absolute atomic E-state index is 5.44. The van der Waals surface area contributed by atoms with E-state index in [-0.39, 0.29) is 0 Å². The Morgan fingerprint density at radius 1 is 1.17 bits per heavy atom. The van der Waals surface area contributed by atoms with E-state index in [1.807, 2.05) is 36.5 Å². The Bertz CT molecular complexity index is 1060. The topological polar surface area (TPSA) is 76.3 Å². The number of aryl methyl sites for hydroxylation is 2. The lowest BCUT2D eigenvalue weighted by Gasteiger charge is -2.27. The van der Waals surface area contributed by atoms with Crippen molar-refractivity contribution >= 4 is 23.5 Å². The van der Waals surface area contributed by atoms with Gasteiger partial charge < -0.3 is 15.0 Å². The normalized spacial score (nSPS) is 16.7. The molecule has 0 atom stereocenters. The Morgan fingerprint density at radius 3 is 2.80 bits per heavy atom. The molecular formula is C21H26N8O. The molecule has 0 saturated carbocycles. The number of nitrogens with zero attached hydrogens (tertiary/aromatic N) is 7. The average molecular weight is 406 g/mol. The summed E-state index contributed by atoms with van der Waals surface area (Å²) in [5.74, 6) is 1.48. The highest BCUT2D eigenvalue weighted by atomic mass is 16.5. The molecule has 30 heavy (non-hydrogen) atoms. The summed E-state index contributed by atoms with van der Waals surface area (Å²) in [6.45, 7) is 7.39. The second-order valence-electron chi connectivity index (χ2n) is 7.75. The zero-order chi connectivity index (χ0) is 20.5. The molecule has 9 heteroatoms. The summed E-state index contributed by atoms with van der Waals surface area (Å²) in [5, 5.41) is 12.1. The number of aromatic nitrogens is 5. The minimum absolute atomic E-state index is 0.600. The third-order valence-corrected chi connectivity index (χ3v) is 5.52. The van der Waals surface area contributed by atoms with Gasteiger partial charge in [0.25, 0.3) is 0 Å². The van der Waals surface area contributed by atoms with Gasteiger partial charge in [0, 0.05) is 51.0 Å². The molecule has 0 unspecified atom stereocenters. The number of fused-ring (bicyclic) bond motifs is 1. The van der Waals surface area contributed by atoms with Gasteiger partial charge in [-0.2, -0.15) is 10.1 Å². The van der Waals surface area contributed by atoms with E-state index >= 15 is 0 Å². The second-order valence-corrected chi connectivity index (χ2v) is 7.75. The highest BCUT2D eigenvalue weighted by Crippen LogP contribution is 2.23. The lowest BCUT2D eigenvalue weighted by Crippen LogP contribution is -2.35. The summed E-state index contributed by atoms with van der Waals surface area (Å²) < 4.78 is 9.05. The van der Waals surface area contributed by atoms with E-state index in [1.54, 1.807) is 4.68 Å². The van der Waals surface area contributed by atoms with Gasteiger partial charge in [0.05, 0.1) is 31.6 Å². The Morgan fingerprint density at radius 2 is 2.03 bits per heavy atom. The lowest BCUT2D eigenvalue weighted by molar-refractivity contribution is 0.0341. The fraction of sp³-hybridized carbons (Fsp3) is 0.381. The fourth-order valence-corrected chi connectivity index (χ4v) is 3.80. The van der Waals surface area contributed by atoms with Crippen molar-refractivity contribution in [3.8, 4) is 0 Å². The molecule has 0 spiro atoms. The molecule has 0 radical (unpaired) electrons. The Kier molecular flexibility index (Phi) is 4.97. The Balaban J connectivity index is 1.26. The molecule has 0 aliphatic carbocycles. The molecule has 5 rings (SSSR count). The molecule has 1 N–H and O–H groups in total. The van der Waals surface area contributed by atoms with Gasteiger partial charge in [-0.3, -0.25) is 9.58 Å². The van der Waals surface area contributed by atoms with E-state index < -0.39 is 0 Å². The number of hydrogen-bond acceptors (Lipinski definition) is 7. The van der Waals surface area contributed by atoms with Crippen LogP contribution in [0.3, 0.4) is 0 Å². The molecule has 3 aromatic rings. The molecule has 0 bridgehead atoms. The van der Waals surface area contributed by atoms with Crippen LogP contribution < -0.4 is 10.2 Å². The molecule has 2 aliphatic heterocycles. The number of hydrogen-bond donors (Lipinski definition) is 1. The summed E-state index contributed by atoms with van der Waals surface area (Å²) in [6, 6.07) is 6.45. The van der Waals surface area contributed by atoms with Crippen LogP contribution in [0, 0.1) is 6.92 Å². The van der Waals surface area contributed by atoms with Crippen LogP contribution >= 0.6 is 0 Å². The third-order valence-electron chi connectivity index (χ3n) is 5.52. The first-order valence-electron chi connectivity index (χ1n) is 10.2. The number of benzene rings is 1. The predicted octanol–water partition coefficient (Wildman–Crippen LogP) is 2.34. The maximum Gasteiger partial charge on any atom is 0.247 e. The van der Waals surface area contributed by atoms with E-state index in [1.165, 1.54) is 11.1 Å². The molecule has 1 saturated heterocycles. The molecule has 156 valence electrons. The first kappa shape index (κ1) is 18.8. The summed E-state index contributed by atoms with van der Waals surface area (Å²) >= 11 is 0. The predicted molar refractivity (Wildman–Crippen MR) is 115 cm³/mol. The van der Waals surface area contributed by atoms with Gasteiger partial charge in [0.2, 0.25) is 5.95 Å². The van der Waals surface area contributed by atoms with Gasteiger partial charge in [0.15, 0.2) is 5.82 Å². The van der Waals surface area contributed by atoms with Crippen molar-refractivity contribution in [3.05, 3.63) is 53.7 Å². The SMILES string of the molecule is Cc1cc(Nc2nc3n(n2)C=CN(c2cnn(C)c2)C3)ccc1CN1CCOCC1. The quantitative estimate of drug-likeness (QED) is 0.697. The zero-order valence-electron chi connectivity index (χ0n) is 17.3. The maximum atomic E-state index is 5.44. The van der Waals surface area contributed by atoms with Crippen molar-refractivity contribution in [1.29, 1.82) is 0 Å². The average Bonchev–Trinajstić information content (AvgIpc) is 3.35. The summed E-state index contributed by atoms with van der Waals surface area (Å²) in [7, 11) is 1.91. The van der Waals surface area contributed by atoms with Gasteiger partial charge in [-0.25, -0.2) is 4.68 Å².